The van der Waals surface area contributed by atoms with Gasteiger partial charge >= 0.3 is 34.1 Å². The van der Waals surface area contributed by atoms with E-state index in [-0.39, 0.29) is 131 Å². The van der Waals surface area contributed by atoms with Crippen molar-refractivity contribution in [2.45, 2.75) is 51.9 Å². The molecule has 0 aliphatic carbocycles. The van der Waals surface area contributed by atoms with Crippen molar-refractivity contribution < 1.29 is 172 Å². The number of imidazole rings is 2. The molecular weight excluding hydrogens is 927 g/mol. The molecular formula is C26H57Cu2N4O25S+5. The second-order valence-corrected chi connectivity index (χ2v) is 9.69. The van der Waals surface area contributed by atoms with Gasteiger partial charge in [0.15, 0.2) is 22.1 Å². The van der Waals surface area contributed by atoms with Gasteiger partial charge in [0.05, 0.1) is 26.2 Å². The summed E-state index contributed by atoms with van der Waals surface area (Å²) < 4.78 is 41.2. The first-order chi connectivity index (χ1) is 20.2. The summed E-state index contributed by atoms with van der Waals surface area (Å²) in [5.41, 5.74) is 3.45. The number of aryl methyl sites for hydroxylation is 4. The van der Waals surface area contributed by atoms with Crippen LogP contribution in [0.4, 0.5) is 0 Å². The maximum absolute atomic E-state index is 10.5. The molecule has 2 aromatic carbocycles. The van der Waals surface area contributed by atoms with Crippen LogP contribution in [0.2, 0.25) is 0 Å². The quantitative estimate of drug-likeness (QED) is 0.0420. The number of aromatic nitrogens is 4. The third kappa shape index (κ3) is 34.9. The molecule has 58 heavy (non-hydrogen) atoms. The maximum Gasteiger partial charge on any atom is 2.00 e. The molecule has 0 bridgehead atoms. The summed E-state index contributed by atoms with van der Waals surface area (Å²) in [7, 11) is -5.17. The van der Waals surface area contributed by atoms with Crippen LogP contribution >= 0.6 is 0 Å². The van der Waals surface area contributed by atoms with Gasteiger partial charge in [-0.1, -0.05) is 24.3 Å². The first-order valence-electron chi connectivity index (χ1n) is 12.6. The monoisotopic (exact) mass is 983 g/mol. The fourth-order valence-electron chi connectivity index (χ4n) is 4.04. The van der Waals surface area contributed by atoms with Gasteiger partial charge in [0, 0.05) is 60.0 Å². The molecule has 29 nitrogen and oxygen atoms in total. The molecule has 0 unspecified atom stereocenters. The van der Waals surface area contributed by atoms with E-state index in [1.54, 1.807) is 30.9 Å². The Morgan fingerprint density at radius 3 is 0.931 bits per heavy atom. The Balaban J connectivity index is -0.0000000404. The summed E-state index contributed by atoms with van der Waals surface area (Å²) in [6.45, 7) is 1.17. The summed E-state index contributed by atoms with van der Waals surface area (Å²) >= 11 is 0. The number of hydrogen-bond acceptors (Lipinski definition) is 12. The minimum atomic E-state index is -5.17. The van der Waals surface area contributed by atoms with Gasteiger partial charge in [-0.2, -0.15) is 0 Å². The van der Waals surface area contributed by atoms with Crippen molar-refractivity contribution in [3.8, 4) is 0 Å². The topological polar surface area (TPSA) is 675 Å². The van der Waals surface area contributed by atoms with Gasteiger partial charge in [0.2, 0.25) is 12.7 Å². The summed E-state index contributed by atoms with van der Waals surface area (Å²) in [5, 5.41) is 42.1. The Morgan fingerprint density at radius 1 is 0.483 bits per heavy atom. The zero-order valence-electron chi connectivity index (χ0n) is 30.0. The van der Waals surface area contributed by atoms with Gasteiger partial charge in [-0.15, -0.1) is 0 Å². The van der Waals surface area contributed by atoms with Crippen LogP contribution in [-0.2, 0) is 117 Å². The third-order valence-electron chi connectivity index (χ3n) is 5.79. The summed E-state index contributed by atoms with van der Waals surface area (Å²) in [6.07, 6.45) is 3.10. The minimum absolute atomic E-state index is 0. The van der Waals surface area contributed by atoms with Crippen molar-refractivity contribution in [3.05, 3.63) is 61.2 Å². The molecule has 2 heterocycles. The van der Waals surface area contributed by atoms with Gasteiger partial charge < -0.3 is 120 Å². The number of carboxylic acids is 4. The smallest absolute Gasteiger partial charge is 0.759 e. The van der Waals surface area contributed by atoms with E-state index < -0.39 is 34.3 Å². The van der Waals surface area contributed by atoms with Crippen LogP contribution in [0.3, 0.4) is 0 Å². The van der Waals surface area contributed by atoms with E-state index in [0.29, 0.717) is 26.2 Å². The van der Waals surface area contributed by atoms with E-state index in [2.05, 4.69) is 0 Å². The van der Waals surface area contributed by atoms with Crippen LogP contribution in [0.25, 0.3) is 22.1 Å². The van der Waals surface area contributed by atoms with Crippen molar-refractivity contribution >= 4 is 56.3 Å². The number of carboxylic acid groups (broad SMARTS) is 4. The molecule has 2 radical (unpaired) electrons. The summed E-state index contributed by atoms with van der Waals surface area (Å²) in [5.74, 6) is -4.45. The first-order valence-corrected chi connectivity index (χ1v) is 13.9. The predicted octanol–water partition coefficient (Wildman–Crippen LogP) is -16.1. The Morgan fingerprint density at radius 2 is 0.707 bits per heavy atom. The Bertz CT molecular complexity index is 1500. The number of para-hydroxylation sites is 4. The van der Waals surface area contributed by atoms with E-state index in [1.165, 1.54) is 0 Å². The Hall–Kier alpha value is -4.35. The van der Waals surface area contributed by atoms with Crippen LogP contribution in [0.15, 0.2) is 61.2 Å². The zero-order valence-corrected chi connectivity index (χ0v) is 32.7. The average molecular weight is 985 g/mol. The molecule has 4 rings (SSSR count). The standard InChI is InChI=1S/2C13H14N2O4.2Cu.H2O4S.13H2O/c2*16-12(17)5-7-14-9-15(8-6-13(18)19)11-4-2-1-3-10(11)14;;;1-5(2,3)4;;;;;;;;;;;;;/h2*1-4,9H,5-8H2,(H-,16,17,18,19);;;(H2,1,2,3,4);13*1H2/q;;2*+2;;;;;;;;;;;;;;/p+1. The van der Waals surface area contributed by atoms with Crippen LogP contribution in [-0.4, -0.2) is 94.3 Å². The molecule has 354 valence electrons. The maximum atomic E-state index is 10.5. The van der Waals surface area contributed by atoms with Crippen LogP contribution in [0, 0.1) is 0 Å². The van der Waals surface area contributed by atoms with Crippen molar-refractivity contribution in [1.82, 2.24) is 9.13 Å². The molecule has 0 atom stereocenters. The largest absolute Gasteiger partial charge is 2.00 e. The second kappa shape index (κ2) is 45.4. The normalized spacial score (nSPS) is 8.03. The van der Waals surface area contributed by atoms with Gasteiger partial charge in [-0.25, -0.2) is 18.3 Å². The molecule has 4 aromatic rings. The first kappa shape index (κ1) is 94.6. The van der Waals surface area contributed by atoms with Crippen molar-refractivity contribution in [2.24, 2.45) is 0 Å². The molecule has 0 aliphatic rings. The molecule has 31 N–H and O–H groups in total. The SMILES string of the molecule is O.O.O.O.O.O.O.O.O=C([O-])CCn1c[n+](CCC(=O)[O-])c2ccccc21.O=C([O-])CCn1c[n+](CCC(=O)[O-])c2ccccc21.O=S(=O)([O-])[O-].[Cu+2].[Cu+2].[OH3+].[OH3+].[OH3+].[OH3+].[OH3+]. The third-order valence-corrected chi connectivity index (χ3v) is 5.79. The molecule has 0 saturated carbocycles. The molecule has 0 amide bonds. The number of nitrogens with zero attached hydrogens (tertiary/aromatic N) is 4. The van der Waals surface area contributed by atoms with E-state index in [4.69, 9.17) is 17.5 Å². The van der Waals surface area contributed by atoms with Crippen molar-refractivity contribution in [1.29, 1.82) is 0 Å². The number of carbonyl (C=O) groups is 4. The zero-order chi connectivity index (χ0) is 32.2. The fourth-order valence-corrected chi connectivity index (χ4v) is 4.04. The van der Waals surface area contributed by atoms with E-state index in [0.717, 1.165) is 22.1 Å². The number of benzene rings is 2. The molecule has 2 aromatic heterocycles. The molecule has 32 heteroatoms. The number of hydrogen-bond donors (Lipinski definition) is 0. The summed E-state index contributed by atoms with van der Waals surface area (Å²) in [6, 6.07) is 14.8. The molecule has 0 aliphatic heterocycles. The molecule has 0 fully saturated rings. The number of rotatable bonds is 12. The van der Waals surface area contributed by atoms with E-state index in [9.17, 15) is 39.6 Å². The van der Waals surface area contributed by atoms with Crippen LogP contribution in [0.5, 0.6) is 0 Å². The predicted molar refractivity (Wildman–Crippen MR) is 187 cm³/mol. The van der Waals surface area contributed by atoms with Gasteiger partial charge in [0.25, 0.3) is 0 Å². The average Bonchev–Trinajstić information content (AvgIpc) is 3.46. The van der Waals surface area contributed by atoms with Gasteiger partial charge in [-0.05, 0) is 24.3 Å². The van der Waals surface area contributed by atoms with Crippen molar-refractivity contribution in [3.63, 3.8) is 0 Å². The van der Waals surface area contributed by atoms with E-state index >= 15 is 0 Å². The second-order valence-electron chi connectivity index (χ2n) is 8.88. The molecule has 0 saturated heterocycles. The van der Waals surface area contributed by atoms with Crippen LogP contribution in [0.1, 0.15) is 25.7 Å². The van der Waals surface area contributed by atoms with Crippen molar-refractivity contribution in [2.75, 3.05) is 0 Å². The van der Waals surface area contributed by atoms with Gasteiger partial charge in [-0.3, -0.25) is 8.42 Å². The number of aliphatic carboxylic acids is 4. The number of carbonyl (C=O) groups excluding carboxylic acids is 4. The number of fused-ring (bicyclic) bond motifs is 2. The minimum Gasteiger partial charge on any atom is -0.759 e. The van der Waals surface area contributed by atoms with E-state index in [1.807, 2.05) is 48.5 Å². The molecule has 0 spiro atoms. The fraction of sp³-hybridized carbons (Fsp3) is 0.308. The Kier molecular flexibility index (Phi) is 74.0. The van der Waals surface area contributed by atoms with Gasteiger partial charge in [0.1, 0.15) is 0 Å². The Labute approximate surface area is 349 Å². The van der Waals surface area contributed by atoms with Crippen LogP contribution < -0.4 is 29.6 Å². The summed E-state index contributed by atoms with van der Waals surface area (Å²) in [4.78, 5) is 42.1.